The molecule has 2 aromatic rings. The summed E-state index contributed by atoms with van der Waals surface area (Å²) in [5, 5.41) is 3.03. The molecule has 0 saturated carbocycles. The number of amides is 2. The lowest BCUT2D eigenvalue weighted by atomic mass is 10.1. The minimum absolute atomic E-state index is 0.101. The molecule has 0 aliphatic carbocycles. The fraction of sp³-hybridized carbons (Fsp3) is 0.364. The Kier molecular flexibility index (Phi) is 5.19. The number of rotatable bonds is 5. The first kappa shape index (κ1) is 18.3. The Balaban J connectivity index is 1.44. The van der Waals surface area contributed by atoms with E-state index in [0.29, 0.717) is 12.3 Å². The van der Waals surface area contributed by atoms with Crippen LogP contribution in [0.4, 0.5) is 17.1 Å². The highest BCUT2D eigenvalue weighted by Crippen LogP contribution is 2.34. The largest absolute Gasteiger partial charge is 0.479 e. The molecular formula is C22H25N3O3. The zero-order valence-corrected chi connectivity index (χ0v) is 16.1. The standard InChI is InChI=1S/C22H25N3O3/c1-16-22(27)25(19-10-4-5-11-20(19)28-16)15-12-21(26)23-17-8-2-3-9-18(17)24-13-6-7-14-24/h2-5,8-11,16H,6-7,12-15H2,1H3,(H,23,26). The van der Waals surface area contributed by atoms with Gasteiger partial charge in [0.25, 0.3) is 5.91 Å². The molecule has 2 aliphatic rings. The molecule has 2 amide bonds. The minimum Gasteiger partial charge on any atom is -0.479 e. The van der Waals surface area contributed by atoms with Crippen LogP contribution in [-0.2, 0) is 9.59 Å². The fourth-order valence-corrected chi connectivity index (χ4v) is 3.83. The Hall–Kier alpha value is -3.02. The van der Waals surface area contributed by atoms with Gasteiger partial charge in [0.2, 0.25) is 5.91 Å². The van der Waals surface area contributed by atoms with Gasteiger partial charge in [-0.1, -0.05) is 24.3 Å². The van der Waals surface area contributed by atoms with E-state index in [1.165, 1.54) is 12.8 Å². The normalized spacial score (nSPS) is 18.6. The molecule has 1 fully saturated rings. The number of para-hydroxylation sites is 4. The van der Waals surface area contributed by atoms with Crippen molar-refractivity contribution in [1.82, 2.24) is 0 Å². The summed E-state index contributed by atoms with van der Waals surface area (Å²) in [5.74, 6) is 0.453. The second-order valence-electron chi connectivity index (χ2n) is 7.23. The van der Waals surface area contributed by atoms with Crippen molar-refractivity contribution in [1.29, 1.82) is 0 Å². The minimum atomic E-state index is -0.547. The number of carbonyl (C=O) groups is 2. The molecular weight excluding hydrogens is 354 g/mol. The first-order valence-corrected chi connectivity index (χ1v) is 9.84. The molecule has 6 heteroatoms. The molecule has 1 saturated heterocycles. The van der Waals surface area contributed by atoms with Crippen molar-refractivity contribution in [2.24, 2.45) is 0 Å². The Labute approximate surface area is 165 Å². The Morgan fingerprint density at radius 2 is 1.75 bits per heavy atom. The van der Waals surface area contributed by atoms with Gasteiger partial charge in [-0.15, -0.1) is 0 Å². The third-order valence-electron chi connectivity index (χ3n) is 5.26. The van der Waals surface area contributed by atoms with Crippen molar-refractivity contribution in [3.05, 3.63) is 48.5 Å². The van der Waals surface area contributed by atoms with E-state index in [1.807, 2.05) is 48.5 Å². The number of anilines is 3. The molecule has 146 valence electrons. The number of benzene rings is 2. The lowest BCUT2D eigenvalue weighted by Crippen LogP contribution is -2.45. The Morgan fingerprint density at radius 3 is 2.54 bits per heavy atom. The Bertz CT molecular complexity index is 877. The molecule has 1 unspecified atom stereocenters. The maximum Gasteiger partial charge on any atom is 0.267 e. The lowest BCUT2D eigenvalue weighted by Gasteiger charge is -2.32. The molecule has 0 spiro atoms. The van der Waals surface area contributed by atoms with E-state index in [9.17, 15) is 9.59 Å². The molecule has 0 radical (unpaired) electrons. The first-order chi connectivity index (χ1) is 13.6. The number of nitrogens with zero attached hydrogens (tertiary/aromatic N) is 2. The van der Waals surface area contributed by atoms with Crippen molar-refractivity contribution >= 4 is 28.9 Å². The summed E-state index contributed by atoms with van der Waals surface area (Å²) in [6.07, 6.45) is 2.04. The van der Waals surface area contributed by atoms with Crippen molar-refractivity contribution in [2.45, 2.75) is 32.3 Å². The molecule has 2 heterocycles. The van der Waals surface area contributed by atoms with E-state index in [0.717, 1.165) is 30.2 Å². The summed E-state index contributed by atoms with van der Waals surface area (Å²) in [4.78, 5) is 29.1. The third-order valence-corrected chi connectivity index (χ3v) is 5.26. The number of hydrogen-bond donors (Lipinski definition) is 1. The monoisotopic (exact) mass is 379 g/mol. The van der Waals surface area contributed by atoms with Crippen LogP contribution in [0, 0.1) is 0 Å². The number of carbonyl (C=O) groups excluding carboxylic acids is 2. The molecule has 6 nitrogen and oxygen atoms in total. The van der Waals surface area contributed by atoms with Gasteiger partial charge in [0.15, 0.2) is 6.10 Å². The van der Waals surface area contributed by atoms with Gasteiger partial charge in [-0.05, 0) is 44.0 Å². The summed E-state index contributed by atoms with van der Waals surface area (Å²) >= 11 is 0. The van der Waals surface area contributed by atoms with Crippen molar-refractivity contribution in [3.8, 4) is 5.75 Å². The highest BCUT2D eigenvalue weighted by atomic mass is 16.5. The highest BCUT2D eigenvalue weighted by Gasteiger charge is 2.31. The molecule has 0 aromatic heterocycles. The van der Waals surface area contributed by atoms with Crippen LogP contribution in [-0.4, -0.2) is 37.6 Å². The van der Waals surface area contributed by atoms with E-state index in [1.54, 1.807) is 11.8 Å². The van der Waals surface area contributed by atoms with Crippen LogP contribution in [0.2, 0.25) is 0 Å². The third kappa shape index (κ3) is 3.67. The second-order valence-corrected chi connectivity index (χ2v) is 7.23. The van der Waals surface area contributed by atoms with Gasteiger partial charge in [0, 0.05) is 26.1 Å². The lowest BCUT2D eigenvalue weighted by molar-refractivity contribution is -0.125. The van der Waals surface area contributed by atoms with Crippen molar-refractivity contribution in [2.75, 3.05) is 34.8 Å². The maximum atomic E-state index is 12.6. The van der Waals surface area contributed by atoms with Crippen LogP contribution < -0.4 is 19.9 Å². The number of hydrogen-bond acceptors (Lipinski definition) is 4. The summed E-state index contributed by atoms with van der Waals surface area (Å²) in [7, 11) is 0. The predicted molar refractivity (Wildman–Crippen MR) is 110 cm³/mol. The van der Waals surface area contributed by atoms with Crippen LogP contribution in [0.5, 0.6) is 5.75 Å². The van der Waals surface area contributed by atoms with Gasteiger partial charge in [-0.25, -0.2) is 0 Å². The van der Waals surface area contributed by atoms with E-state index in [-0.39, 0.29) is 18.2 Å². The molecule has 1 atom stereocenters. The van der Waals surface area contributed by atoms with Gasteiger partial charge < -0.3 is 19.9 Å². The van der Waals surface area contributed by atoms with Gasteiger partial charge in [-0.3, -0.25) is 9.59 Å². The molecule has 2 aromatic carbocycles. The maximum absolute atomic E-state index is 12.6. The molecule has 4 rings (SSSR count). The van der Waals surface area contributed by atoms with Gasteiger partial charge in [0.05, 0.1) is 17.1 Å². The van der Waals surface area contributed by atoms with E-state index in [4.69, 9.17) is 4.74 Å². The van der Waals surface area contributed by atoms with Gasteiger partial charge in [0.1, 0.15) is 5.75 Å². The summed E-state index contributed by atoms with van der Waals surface area (Å²) in [6, 6.07) is 15.3. The average molecular weight is 379 g/mol. The Morgan fingerprint density at radius 1 is 1.07 bits per heavy atom. The van der Waals surface area contributed by atoms with Crippen LogP contribution in [0.15, 0.2) is 48.5 Å². The fourth-order valence-electron chi connectivity index (χ4n) is 3.83. The number of ether oxygens (including phenoxy) is 1. The summed E-state index contributed by atoms with van der Waals surface area (Å²) < 4.78 is 5.65. The number of fused-ring (bicyclic) bond motifs is 1. The predicted octanol–water partition coefficient (Wildman–Crippen LogP) is 3.43. The summed E-state index contributed by atoms with van der Waals surface area (Å²) in [5.41, 5.74) is 2.61. The van der Waals surface area contributed by atoms with Crippen LogP contribution in [0.25, 0.3) is 0 Å². The highest BCUT2D eigenvalue weighted by molar-refractivity contribution is 6.01. The number of nitrogens with one attached hydrogen (secondary N) is 1. The topological polar surface area (TPSA) is 61.9 Å². The SMILES string of the molecule is CC1Oc2ccccc2N(CCC(=O)Nc2ccccc2N2CCCC2)C1=O. The van der Waals surface area contributed by atoms with E-state index >= 15 is 0 Å². The van der Waals surface area contributed by atoms with Crippen molar-refractivity contribution < 1.29 is 14.3 Å². The van der Waals surface area contributed by atoms with E-state index < -0.39 is 6.10 Å². The summed E-state index contributed by atoms with van der Waals surface area (Å²) in [6.45, 7) is 4.09. The molecule has 28 heavy (non-hydrogen) atoms. The quantitative estimate of drug-likeness (QED) is 0.865. The molecule has 2 aliphatic heterocycles. The van der Waals surface area contributed by atoms with Gasteiger partial charge >= 0.3 is 0 Å². The average Bonchev–Trinajstić information content (AvgIpc) is 3.23. The molecule has 0 bridgehead atoms. The smallest absolute Gasteiger partial charge is 0.267 e. The second kappa shape index (κ2) is 7.92. The van der Waals surface area contributed by atoms with Gasteiger partial charge in [-0.2, -0.15) is 0 Å². The van der Waals surface area contributed by atoms with E-state index in [2.05, 4.69) is 10.2 Å². The van der Waals surface area contributed by atoms with Crippen LogP contribution in [0.1, 0.15) is 26.2 Å². The van der Waals surface area contributed by atoms with Crippen LogP contribution >= 0.6 is 0 Å². The zero-order valence-electron chi connectivity index (χ0n) is 16.1. The van der Waals surface area contributed by atoms with Crippen molar-refractivity contribution in [3.63, 3.8) is 0 Å². The molecule has 1 N–H and O–H groups in total. The zero-order chi connectivity index (χ0) is 19.5. The van der Waals surface area contributed by atoms with Crippen LogP contribution in [0.3, 0.4) is 0 Å². The first-order valence-electron chi connectivity index (χ1n) is 9.84.